The molecule has 2 aliphatic heterocycles. The number of nitrogens with zero attached hydrogens (tertiary/aromatic N) is 1. The van der Waals surface area contributed by atoms with E-state index in [-0.39, 0.29) is 22.6 Å². The van der Waals surface area contributed by atoms with Gasteiger partial charge in [-0.1, -0.05) is 18.2 Å². The van der Waals surface area contributed by atoms with Gasteiger partial charge in [-0.3, -0.25) is 9.79 Å². The Hall–Kier alpha value is -4.13. The molecule has 3 aromatic carbocycles. The van der Waals surface area contributed by atoms with Crippen molar-refractivity contribution in [3.8, 4) is 22.6 Å². The number of carboxylic acids is 1. The summed E-state index contributed by atoms with van der Waals surface area (Å²) in [5.74, 6) is 0.297. The summed E-state index contributed by atoms with van der Waals surface area (Å²) in [6.07, 6.45) is 1.46. The molecule has 0 unspecified atom stereocenters. The number of carbonyl (C=O) groups is 2. The van der Waals surface area contributed by atoms with Crippen LogP contribution in [0.1, 0.15) is 67.2 Å². The quantitative estimate of drug-likeness (QED) is 0.443. The summed E-state index contributed by atoms with van der Waals surface area (Å²) in [4.78, 5) is 28.8. The molecule has 0 bridgehead atoms. The lowest BCUT2D eigenvalue weighted by Gasteiger charge is -2.31. The Labute approximate surface area is 222 Å². The third kappa shape index (κ3) is 4.64. The van der Waals surface area contributed by atoms with Crippen LogP contribution >= 0.6 is 0 Å². The standard InChI is InChI=1S/C31H32N2O5/c1-17(34)32-21-10-7-18(8-11-21)23-13-19(9-12-22(23)29(35)36)27-26-20(15-30(2,3)33-27)14-25(37-6)28-24(26)16-31(4,5)38-28/h7-14H,15-16H2,1-6H3,(H,32,34)(H,35,36). The number of rotatable bonds is 5. The van der Waals surface area contributed by atoms with Gasteiger partial charge in [0.05, 0.1) is 23.9 Å². The van der Waals surface area contributed by atoms with Crippen LogP contribution in [0.3, 0.4) is 0 Å². The number of carboxylic acid groups (broad SMARTS) is 1. The SMILES string of the molecule is COc1cc2c(c3c1OC(C)(C)C3)C(c1ccc(C(=O)O)c(-c3ccc(NC(C)=O)cc3)c1)=NC(C)(C)C2. The normalized spacial score (nSPS) is 16.5. The van der Waals surface area contributed by atoms with E-state index in [9.17, 15) is 14.7 Å². The van der Waals surface area contributed by atoms with E-state index >= 15 is 0 Å². The fourth-order valence-electron chi connectivity index (χ4n) is 5.48. The van der Waals surface area contributed by atoms with Gasteiger partial charge in [0, 0.05) is 35.7 Å². The van der Waals surface area contributed by atoms with E-state index in [2.05, 4.69) is 39.1 Å². The van der Waals surface area contributed by atoms with E-state index in [1.165, 1.54) is 6.92 Å². The average Bonchev–Trinajstić information content (AvgIpc) is 3.16. The lowest BCUT2D eigenvalue weighted by atomic mass is 9.80. The first-order valence-electron chi connectivity index (χ1n) is 12.7. The van der Waals surface area contributed by atoms with E-state index in [0.29, 0.717) is 17.7 Å². The molecule has 0 fully saturated rings. The van der Waals surface area contributed by atoms with Gasteiger partial charge in [0.15, 0.2) is 11.5 Å². The van der Waals surface area contributed by atoms with Crippen molar-refractivity contribution in [2.75, 3.05) is 12.4 Å². The number of benzene rings is 3. The van der Waals surface area contributed by atoms with Crippen LogP contribution in [-0.4, -0.2) is 40.9 Å². The summed E-state index contributed by atoms with van der Waals surface area (Å²) >= 11 is 0. The van der Waals surface area contributed by atoms with Gasteiger partial charge in [0.1, 0.15) is 5.60 Å². The highest BCUT2D eigenvalue weighted by Crippen LogP contribution is 2.48. The molecule has 196 valence electrons. The van der Waals surface area contributed by atoms with Crippen LogP contribution in [0.4, 0.5) is 5.69 Å². The Bertz CT molecular complexity index is 1500. The Morgan fingerprint density at radius 1 is 1.00 bits per heavy atom. The molecule has 1 amide bonds. The molecule has 2 N–H and O–H groups in total. The van der Waals surface area contributed by atoms with Crippen molar-refractivity contribution < 1.29 is 24.2 Å². The Morgan fingerprint density at radius 2 is 1.68 bits per heavy atom. The van der Waals surface area contributed by atoms with Crippen LogP contribution in [-0.2, 0) is 17.6 Å². The average molecular weight is 513 g/mol. The molecule has 0 radical (unpaired) electrons. The summed E-state index contributed by atoms with van der Waals surface area (Å²) < 4.78 is 12.0. The summed E-state index contributed by atoms with van der Waals surface area (Å²) in [7, 11) is 1.66. The minimum atomic E-state index is -1.01. The van der Waals surface area contributed by atoms with Crippen LogP contribution < -0.4 is 14.8 Å². The largest absolute Gasteiger partial charge is 0.493 e. The third-order valence-electron chi connectivity index (χ3n) is 6.94. The van der Waals surface area contributed by atoms with E-state index in [1.54, 1.807) is 25.3 Å². The van der Waals surface area contributed by atoms with Gasteiger partial charge < -0.3 is 19.9 Å². The fourth-order valence-corrected chi connectivity index (χ4v) is 5.48. The molecule has 0 aromatic heterocycles. The summed E-state index contributed by atoms with van der Waals surface area (Å²) in [5.41, 5.74) is 6.33. The van der Waals surface area contributed by atoms with Crippen molar-refractivity contribution in [2.45, 2.75) is 58.6 Å². The number of methoxy groups -OCH3 is 1. The van der Waals surface area contributed by atoms with Crippen molar-refractivity contribution in [3.63, 3.8) is 0 Å². The second-order valence-corrected chi connectivity index (χ2v) is 11.2. The molecular formula is C31H32N2O5. The first kappa shape index (κ1) is 25.5. The second kappa shape index (κ2) is 9.01. The molecule has 38 heavy (non-hydrogen) atoms. The number of nitrogens with one attached hydrogen (secondary N) is 1. The zero-order chi connectivity index (χ0) is 27.4. The van der Waals surface area contributed by atoms with Crippen molar-refractivity contribution in [1.29, 1.82) is 0 Å². The number of carbonyl (C=O) groups excluding carboxylic acids is 1. The number of hydrogen-bond acceptors (Lipinski definition) is 5. The molecular weight excluding hydrogens is 480 g/mol. The molecule has 7 nitrogen and oxygen atoms in total. The van der Waals surface area contributed by atoms with Crippen molar-refractivity contribution in [3.05, 3.63) is 76.3 Å². The number of aromatic carboxylic acids is 1. The number of anilines is 1. The maximum atomic E-state index is 12.2. The Kier molecular flexibility index (Phi) is 6.05. The lowest BCUT2D eigenvalue weighted by Crippen LogP contribution is -2.30. The Balaban J connectivity index is 1.69. The zero-order valence-electron chi connectivity index (χ0n) is 22.6. The highest BCUT2D eigenvalue weighted by atomic mass is 16.5. The molecule has 0 atom stereocenters. The maximum absolute atomic E-state index is 12.2. The molecule has 0 saturated carbocycles. The van der Waals surface area contributed by atoms with E-state index in [4.69, 9.17) is 14.5 Å². The van der Waals surface area contributed by atoms with Crippen molar-refractivity contribution >= 4 is 23.3 Å². The molecule has 0 saturated heterocycles. The highest BCUT2D eigenvalue weighted by Gasteiger charge is 2.39. The van der Waals surface area contributed by atoms with Gasteiger partial charge >= 0.3 is 5.97 Å². The van der Waals surface area contributed by atoms with Crippen LogP contribution in [0.15, 0.2) is 53.5 Å². The monoisotopic (exact) mass is 512 g/mol. The van der Waals surface area contributed by atoms with Gasteiger partial charge in [0.2, 0.25) is 5.91 Å². The summed E-state index contributed by atoms with van der Waals surface area (Å²) in [5, 5.41) is 12.7. The van der Waals surface area contributed by atoms with Crippen LogP contribution in [0.5, 0.6) is 11.5 Å². The number of aliphatic imine (C=N–C) groups is 1. The van der Waals surface area contributed by atoms with Crippen LogP contribution in [0.25, 0.3) is 11.1 Å². The van der Waals surface area contributed by atoms with Gasteiger partial charge in [-0.05, 0) is 81.1 Å². The fraction of sp³-hybridized carbons (Fsp3) is 0.323. The van der Waals surface area contributed by atoms with Crippen LogP contribution in [0.2, 0.25) is 0 Å². The predicted octanol–water partition coefficient (Wildman–Crippen LogP) is 5.90. The highest BCUT2D eigenvalue weighted by molar-refractivity contribution is 6.17. The molecule has 2 aliphatic rings. The predicted molar refractivity (Wildman–Crippen MR) is 148 cm³/mol. The number of ether oxygens (including phenoxy) is 2. The summed E-state index contributed by atoms with van der Waals surface area (Å²) in [6.45, 7) is 9.77. The number of fused-ring (bicyclic) bond motifs is 3. The number of hydrogen-bond donors (Lipinski definition) is 2. The van der Waals surface area contributed by atoms with Gasteiger partial charge in [0.25, 0.3) is 0 Å². The van der Waals surface area contributed by atoms with Gasteiger partial charge in [-0.25, -0.2) is 4.79 Å². The minimum Gasteiger partial charge on any atom is -0.493 e. The molecule has 5 rings (SSSR count). The number of amides is 1. The van der Waals surface area contributed by atoms with Crippen LogP contribution in [0, 0.1) is 0 Å². The Morgan fingerprint density at radius 3 is 2.32 bits per heavy atom. The molecule has 0 aliphatic carbocycles. The topological polar surface area (TPSA) is 97.2 Å². The summed E-state index contributed by atoms with van der Waals surface area (Å²) in [6, 6.07) is 14.6. The lowest BCUT2D eigenvalue weighted by molar-refractivity contribution is -0.114. The van der Waals surface area contributed by atoms with Gasteiger partial charge in [-0.15, -0.1) is 0 Å². The minimum absolute atomic E-state index is 0.168. The maximum Gasteiger partial charge on any atom is 0.336 e. The first-order chi connectivity index (χ1) is 17.9. The van der Waals surface area contributed by atoms with Crippen molar-refractivity contribution in [2.24, 2.45) is 4.99 Å². The van der Waals surface area contributed by atoms with E-state index in [0.717, 1.165) is 51.4 Å². The third-order valence-corrected chi connectivity index (χ3v) is 6.94. The molecule has 3 aromatic rings. The molecule has 0 spiro atoms. The van der Waals surface area contributed by atoms with E-state index in [1.807, 2.05) is 24.3 Å². The molecule has 2 heterocycles. The van der Waals surface area contributed by atoms with Crippen molar-refractivity contribution in [1.82, 2.24) is 0 Å². The zero-order valence-corrected chi connectivity index (χ0v) is 22.6. The van der Waals surface area contributed by atoms with E-state index < -0.39 is 5.97 Å². The first-order valence-corrected chi connectivity index (χ1v) is 12.7. The smallest absolute Gasteiger partial charge is 0.336 e. The van der Waals surface area contributed by atoms with Gasteiger partial charge in [-0.2, -0.15) is 0 Å². The molecule has 7 heteroatoms. The second-order valence-electron chi connectivity index (χ2n) is 11.2.